The fourth-order valence-corrected chi connectivity index (χ4v) is 3.35. The summed E-state index contributed by atoms with van der Waals surface area (Å²) in [6.07, 6.45) is 6.68. The van der Waals surface area contributed by atoms with Crippen molar-refractivity contribution in [2.45, 2.75) is 56.7 Å². The van der Waals surface area contributed by atoms with E-state index in [1.54, 1.807) is 0 Å². The molecule has 2 rings (SSSR count). The molecule has 0 heterocycles. The molecule has 0 N–H and O–H groups in total. The SMILES string of the molecule is O=C(OCC(=O)C1CCC(Cl)CC1)C1=C(Cl)CCCC1. The van der Waals surface area contributed by atoms with E-state index in [4.69, 9.17) is 27.9 Å². The molecule has 0 atom stereocenters. The second-order valence-electron chi connectivity index (χ2n) is 5.58. The Balaban J connectivity index is 1.80. The molecule has 0 aliphatic heterocycles. The highest BCUT2D eigenvalue weighted by molar-refractivity contribution is 6.31. The number of allylic oxidation sites excluding steroid dienone is 1. The normalized spacial score (nSPS) is 27.3. The molecule has 2 aliphatic rings. The van der Waals surface area contributed by atoms with E-state index in [9.17, 15) is 9.59 Å². The molecular formula is C15H20Cl2O3. The highest BCUT2D eigenvalue weighted by Gasteiger charge is 2.26. The van der Waals surface area contributed by atoms with Gasteiger partial charge in [-0.25, -0.2) is 4.79 Å². The first kappa shape index (κ1) is 15.8. The van der Waals surface area contributed by atoms with Crippen molar-refractivity contribution in [3.63, 3.8) is 0 Å². The fraction of sp³-hybridized carbons (Fsp3) is 0.733. The summed E-state index contributed by atoms with van der Waals surface area (Å²) in [7, 11) is 0. The van der Waals surface area contributed by atoms with Gasteiger partial charge >= 0.3 is 5.97 Å². The lowest BCUT2D eigenvalue weighted by Crippen LogP contribution is -2.27. The summed E-state index contributed by atoms with van der Waals surface area (Å²) >= 11 is 12.1. The quantitative estimate of drug-likeness (QED) is 0.582. The molecule has 0 aromatic carbocycles. The Labute approximate surface area is 129 Å². The van der Waals surface area contributed by atoms with E-state index in [0.717, 1.165) is 44.9 Å². The number of halogens is 2. The number of carbonyl (C=O) groups excluding carboxylic acids is 2. The lowest BCUT2D eigenvalue weighted by molar-refractivity contribution is -0.145. The Morgan fingerprint density at radius 3 is 2.40 bits per heavy atom. The van der Waals surface area contributed by atoms with Gasteiger partial charge in [0.15, 0.2) is 12.4 Å². The van der Waals surface area contributed by atoms with Crippen molar-refractivity contribution >= 4 is 35.0 Å². The number of ether oxygens (including phenoxy) is 1. The predicted octanol–water partition coefficient (Wildman–Crippen LogP) is 3.96. The second-order valence-corrected chi connectivity index (χ2v) is 6.66. The zero-order chi connectivity index (χ0) is 14.5. The van der Waals surface area contributed by atoms with Gasteiger partial charge in [0.2, 0.25) is 0 Å². The van der Waals surface area contributed by atoms with Crippen LogP contribution in [0.3, 0.4) is 0 Å². The number of ketones is 1. The molecule has 0 bridgehead atoms. The van der Waals surface area contributed by atoms with Crippen molar-refractivity contribution in [3.8, 4) is 0 Å². The van der Waals surface area contributed by atoms with Crippen molar-refractivity contribution in [1.82, 2.24) is 0 Å². The first-order valence-corrected chi connectivity index (χ1v) is 8.10. The highest BCUT2D eigenvalue weighted by atomic mass is 35.5. The summed E-state index contributed by atoms with van der Waals surface area (Å²) in [4.78, 5) is 23.9. The fourth-order valence-electron chi connectivity index (χ4n) is 2.80. The zero-order valence-electron chi connectivity index (χ0n) is 11.5. The molecule has 0 radical (unpaired) electrons. The molecular weight excluding hydrogens is 299 g/mol. The Kier molecular flexibility index (Phi) is 5.91. The third kappa shape index (κ3) is 4.23. The number of rotatable bonds is 4. The largest absolute Gasteiger partial charge is 0.454 e. The van der Waals surface area contributed by atoms with Crippen molar-refractivity contribution in [3.05, 3.63) is 10.6 Å². The minimum Gasteiger partial charge on any atom is -0.454 e. The first-order chi connectivity index (χ1) is 9.58. The average Bonchev–Trinajstić information content (AvgIpc) is 2.45. The van der Waals surface area contributed by atoms with Gasteiger partial charge in [-0.2, -0.15) is 0 Å². The van der Waals surface area contributed by atoms with Crippen LogP contribution in [0.2, 0.25) is 0 Å². The van der Waals surface area contributed by atoms with Gasteiger partial charge in [0.1, 0.15) is 0 Å². The van der Waals surface area contributed by atoms with Crippen molar-refractivity contribution in [2.24, 2.45) is 5.92 Å². The van der Waals surface area contributed by atoms with Crippen molar-refractivity contribution < 1.29 is 14.3 Å². The van der Waals surface area contributed by atoms with E-state index in [2.05, 4.69) is 0 Å². The molecule has 1 saturated carbocycles. The number of Topliss-reactive ketones (excluding diaryl/α,β-unsaturated/α-hetero) is 1. The van der Waals surface area contributed by atoms with Gasteiger partial charge in [-0.3, -0.25) is 4.79 Å². The highest BCUT2D eigenvalue weighted by Crippen LogP contribution is 2.29. The third-order valence-electron chi connectivity index (χ3n) is 4.10. The van der Waals surface area contributed by atoms with E-state index < -0.39 is 5.97 Å². The number of alkyl halides is 1. The monoisotopic (exact) mass is 318 g/mol. The molecule has 0 aromatic rings. The third-order valence-corrected chi connectivity index (χ3v) is 4.96. The Morgan fingerprint density at radius 2 is 1.75 bits per heavy atom. The molecule has 1 fully saturated rings. The maximum Gasteiger partial charge on any atom is 0.335 e. The maximum absolute atomic E-state index is 12.0. The van der Waals surface area contributed by atoms with Crippen molar-refractivity contribution in [1.29, 1.82) is 0 Å². The van der Waals surface area contributed by atoms with Crippen LogP contribution in [0.25, 0.3) is 0 Å². The Hall–Kier alpha value is -0.540. The van der Waals surface area contributed by atoms with Gasteiger partial charge in [0.05, 0.1) is 5.57 Å². The van der Waals surface area contributed by atoms with Crippen LogP contribution in [0.1, 0.15) is 51.4 Å². The standard InChI is InChI=1S/C15H20Cl2O3/c16-11-7-5-10(6-8-11)14(18)9-20-15(19)12-3-1-2-4-13(12)17/h10-11H,1-9H2. The van der Waals surface area contributed by atoms with Crippen LogP contribution in [-0.4, -0.2) is 23.7 Å². The maximum atomic E-state index is 12.0. The summed E-state index contributed by atoms with van der Waals surface area (Å²) in [6, 6.07) is 0. The zero-order valence-corrected chi connectivity index (χ0v) is 13.0. The average molecular weight is 319 g/mol. The summed E-state index contributed by atoms with van der Waals surface area (Å²) in [5.74, 6) is -0.419. The molecule has 112 valence electrons. The number of esters is 1. The van der Waals surface area contributed by atoms with Crippen LogP contribution in [0.4, 0.5) is 0 Å². The van der Waals surface area contributed by atoms with Crippen LogP contribution in [0, 0.1) is 5.92 Å². The van der Waals surface area contributed by atoms with Crippen LogP contribution in [0.5, 0.6) is 0 Å². The summed E-state index contributed by atoms with van der Waals surface area (Å²) in [5.41, 5.74) is 0.551. The molecule has 0 aromatic heterocycles. The molecule has 2 aliphatic carbocycles. The predicted molar refractivity (Wildman–Crippen MR) is 78.9 cm³/mol. The second kappa shape index (κ2) is 7.46. The van der Waals surface area contributed by atoms with Gasteiger partial charge in [-0.05, 0) is 51.4 Å². The summed E-state index contributed by atoms with van der Waals surface area (Å²) in [5, 5.41) is 0.782. The number of hydrogen-bond donors (Lipinski definition) is 0. The summed E-state index contributed by atoms with van der Waals surface area (Å²) < 4.78 is 5.13. The Bertz CT molecular complexity index is 409. The van der Waals surface area contributed by atoms with Crippen molar-refractivity contribution in [2.75, 3.05) is 6.61 Å². The van der Waals surface area contributed by atoms with Crippen LogP contribution in [-0.2, 0) is 14.3 Å². The smallest absolute Gasteiger partial charge is 0.335 e. The first-order valence-electron chi connectivity index (χ1n) is 7.29. The van der Waals surface area contributed by atoms with Crippen LogP contribution in [0.15, 0.2) is 10.6 Å². The molecule has 0 saturated heterocycles. The van der Waals surface area contributed by atoms with E-state index in [1.807, 2.05) is 0 Å². The van der Waals surface area contributed by atoms with Crippen LogP contribution < -0.4 is 0 Å². The molecule has 0 unspecified atom stereocenters. The molecule has 0 amide bonds. The minimum atomic E-state index is -0.422. The van der Waals surface area contributed by atoms with Gasteiger partial charge in [0, 0.05) is 16.3 Å². The van der Waals surface area contributed by atoms with Gasteiger partial charge in [-0.15, -0.1) is 11.6 Å². The minimum absolute atomic E-state index is 0.00592. The lowest BCUT2D eigenvalue weighted by Gasteiger charge is -2.23. The van der Waals surface area contributed by atoms with Gasteiger partial charge in [-0.1, -0.05) is 11.6 Å². The van der Waals surface area contributed by atoms with Gasteiger partial charge in [0.25, 0.3) is 0 Å². The molecule has 3 nitrogen and oxygen atoms in total. The van der Waals surface area contributed by atoms with E-state index in [-0.39, 0.29) is 23.7 Å². The van der Waals surface area contributed by atoms with Gasteiger partial charge < -0.3 is 4.74 Å². The lowest BCUT2D eigenvalue weighted by atomic mass is 9.86. The van der Waals surface area contributed by atoms with E-state index in [1.165, 1.54) is 0 Å². The van der Waals surface area contributed by atoms with E-state index in [0.29, 0.717) is 17.0 Å². The Morgan fingerprint density at radius 1 is 1.10 bits per heavy atom. The topological polar surface area (TPSA) is 43.4 Å². The molecule has 0 spiro atoms. The summed E-state index contributed by atoms with van der Waals surface area (Å²) in [6.45, 7) is -0.135. The molecule has 5 heteroatoms. The van der Waals surface area contributed by atoms with Crippen LogP contribution >= 0.6 is 23.2 Å². The molecule has 20 heavy (non-hydrogen) atoms. The number of hydrogen-bond acceptors (Lipinski definition) is 3. The van der Waals surface area contributed by atoms with E-state index >= 15 is 0 Å². The number of carbonyl (C=O) groups is 2.